The van der Waals surface area contributed by atoms with Gasteiger partial charge in [0.1, 0.15) is 19.0 Å². The number of pyridine rings is 1. The molecule has 2 aromatic heterocycles. The van der Waals surface area contributed by atoms with E-state index in [-0.39, 0.29) is 35.8 Å². The Labute approximate surface area is 208 Å². The van der Waals surface area contributed by atoms with Crippen molar-refractivity contribution in [2.24, 2.45) is 0 Å². The van der Waals surface area contributed by atoms with Crippen LogP contribution in [0.1, 0.15) is 41.6 Å². The molecule has 194 valence electrons. The SMILES string of the molecule is O=C(O)c1ccc2c(O[C@H]3CC[C@@H](N4C(=O)CN(c5cncc(C(F)(F)F)c5)C4O)CC3)ncnc2c1. The first-order valence-electron chi connectivity index (χ1n) is 11.5. The molecule has 1 aliphatic carbocycles. The fraction of sp³-hybridized carbons (Fsp3) is 0.375. The molecule has 5 rings (SSSR count). The highest BCUT2D eigenvalue weighted by Gasteiger charge is 2.43. The average molecular weight is 517 g/mol. The second-order valence-corrected chi connectivity index (χ2v) is 8.97. The monoisotopic (exact) mass is 517 g/mol. The number of aliphatic hydroxyl groups excluding tert-OH is 1. The molecule has 0 bridgehead atoms. The Bertz CT molecular complexity index is 1350. The number of benzene rings is 1. The highest BCUT2D eigenvalue weighted by molar-refractivity contribution is 5.94. The van der Waals surface area contributed by atoms with Crippen LogP contribution in [0.4, 0.5) is 18.9 Å². The first-order chi connectivity index (χ1) is 17.6. The van der Waals surface area contributed by atoms with Crippen molar-refractivity contribution in [3.63, 3.8) is 0 Å². The number of carboxylic acid groups (broad SMARTS) is 1. The van der Waals surface area contributed by atoms with E-state index in [9.17, 15) is 33.0 Å². The number of hydrogen-bond donors (Lipinski definition) is 2. The van der Waals surface area contributed by atoms with Crippen molar-refractivity contribution in [1.29, 1.82) is 0 Å². The van der Waals surface area contributed by atoms with E-state index in [1.807, 2.05) is 0 Å². The molecular formula is C24H22F3N5O5. The summed E-state index contributed by atoms with van der Waals surface area (Å²) in [5.74, 6) is -1.13. The zero-order chi connectivity index (χ0) is 26.3. The molecule has 10 nitrogen and oxygen atoms in total. The zero-order valence-corrected chi connectivity index (χ0v) is 19.3. The van der Waals surface area contributed by atoms with Crippen LogP contribution < -0.4 is 9.64 Å². The van der Waals surface area contributed by atoms with Crippen molar-refractivity contribution in [1.82, 2.24) is 19.9 Å². The predicted molar refractivity (Wildman–Crippen MR) is 123 cm³/mol. The Morgan fingerprint density at radius 2 is 1.84 bits per heavy atom. The largest absolute Gasteiger partial charge is 0.478 e. The number of carboxylic acids is 1. The third-order valence-corrected chi connectivity index (χ3v) is 6.67. The molecule has 1 saturated carbocycles. The third-order valence-electron chi connectivity index (χ3n) is 6.67. The molecule has 2 fully saturated rings. The van der Waals surface area contributed by atoms with Gasteiger partial charge in [-0.2, -0.15) is 13.2 Å². The summed E-state index contributed by atoms with van der Waals surface area (Å²) in [6, 6.07) is 5.03. The van der Waals surface area contributed by atoms with Gasteiger partial charge in [0.05, 0.1) is 33.9 Å². The van der Waals surface area contributed by atoms with Crippen LogP contribution in [0.25, 0.3) is 10.9 Å². The summed E-state index contributed by atoms with van der Waals surface area (Å²) in [6.07, 6.45) is -0.945. The van der Waals surface area contributed by atoms with Gasteiger partial charge in [0.25, 0.3) is 0 Å². The van der Waals surface area contributed by atoms with Crippen molar-refractivity contribution in [3.8, 4) is 5.88 Å². The zero-order valence-electron chi connectivity index (χ0n) is 19.3. The number of aromatic nitrogens is 3. The molecule has 37 heavy (non-hydrogen) atoms. The number of halogens is 3. The van der Waals surface area contributed by atoms with Gasteiger partial charge >= 0.3 is 12.1 Å². The van der Waals surface area contributed by atoms with E-state index >= 15 is 0 Å². The lowest BCUT2D eigenvalue weighted by Gasteiger charge is -2.37. The average Bonchev–Trinajstić information content (AvgIpc) is 3.17. The number of aromatic carboxylic acids is 1. The molecule has 2 aliphatic rings. The number of amides is 1. The lowest BCUT2D eigenvalue weighted by atomic mass is 9.92. The summed E-state index contributed by atoms with van der Waals surface area (Å²) < 4.78 is 45.3. The molecule has 0 radical (unpaired) electrons. The van der Waals surface area contributed by atoms with Crippen molar-refractivity contribution in [3.05, 3.63) is 54.1 Å². The van der Waals surface area contributed by atoms with Crippen LogP contribution in [-0.4, -0.2) is 67.0 Å². The number of carbonyl (C=O) groups excluding carboxylic acids is 1. The first kappa shape index (κ1) is 24.7. The molecule has 3 aromatic rings. The van der Waals surface area contributed by atoms with Gasteiger partial charge in [0.15, 0.2) is 0 Å². The lowest BCUT2D eigenvalue weighted by Crippen LogP contribution is -2.48. The Balaban J connectivity index is 1.25. The number of rotatable bonds is 5. The second-order valence-electron chi connectivity index (χ2n) is 8.97. The number of nitrogens with zero attached hydrogens (tertiary/aromatic N) is 5. The van der Waals surface area contributed by atoms with Crippen molar-refractivity contribution < 1.29 is 37.7 Å². The number of ether oxygens (including phenoxy) is 1. The summed E-state index contributed by atoms with van der Waals surface area (Å²) in [4.78, 5) is 38.4. The summed E-state index contributed by atoms with van der Waals surface area (Å²) in [7, 11) is 0. The van der Waals surface area contributed by atoms with Gasteiger partial charge in [-0.15, -0.1) is 0 Å². The number of carbonyl (C=O) groups is 2. The minimum Gasteiger partial charge on any atom is -0.478 e. The van der Waals surface area contributed by atoms with E-state index in [2.05, 4.69) is 15.0 Å². The molecule has 1 unspecified atom stereocenters. The minimum atomic E-state index is -4.59. The van der Waals surface area contributed by atoms with Crippen LogP contribution in [-0.2, 0) is 11.0 Å². The highest BCUT2D eigenvalue weighted by Crippen LogP contribution is 2.35. The Hall–Kier alpha value is -4.00. The van der Waals surface area contributed by atoms with Gasteiger partial charge in [-0.1, -0.05) is 0 Å². The first-order valence-corrected chi connectivity index (χ1v) is 11.5. The van der Waals surface area contributed by atoms with E-state index in [4.69, 9.17) is 4.74 Å². The summed E-state index contributed by atoms with van der Waals surface area (Å²) >= 11 is 0. The van der Waals surface area contributed by atoms with Crippen LogP contribution in [0.2, 0.25) is 0 Å². The van der Waals surface area contributed by atoms with Crippen molar-refractivity contribution in [2.45, 2.75) is 50.4 Å². The smallest absolute Gasteiger partial charge is 0.417 e. The van der Waals surface area contributed by atoms with Crippen molar-refractivity contribution in [2.75, 3.05) is 11.4 Å². The Morgan fingerprint density at radius 3 is 2.54 bits per heavy atom. The van der Waals surface area contributed by atoms with Crippen molar-refractivity contribution >= 4 is 28.5 Å². The fourth-order valence-electron chi connectivity index (χ4n) is 4.80. The Morgan fingerprint density at radius 1 is 1.08 bits per heavy atom. The molecule has 13 heteroatoms. The Kier molecular flexibility index (Phi) is 6.31. The fourth-order valence-corrected chi connectivity index (χ4v) is 4.80. The van der Waals surface area contributed by atoms with E-state index in [0.29, 0.717) is 48.7 Å². The molecule has 1 aromatic carbocycles. The lowest BCUT2D eigenvalue weighted by molar-refractivity contribution is -0.138. The number of aliphatic hydroxyl groups is 1. The maximum absolute atomic E-state index is 13.1. The van der Waals surface area contributed by atoms with E-state index in [0.717, 1.165) is 6.07 Å². The second kappa shape index (κ2) is 9.47. The molecule has 1 atom stereocenters. The van der Waals surface area contributed by atoms with Gasteiger partial charge in [-0.3, -0.25) is 14.7 Å². The standard InChI is InChI=1S/C24H22F3N5O5/c25-24(26,27)14-8-16(10-28-9-14)31-11-20(33)32(23(31)36)15-2-4-17(5-3-15)37-21-18-6-1-13(22(34)35)7-19(18)29-12-30-21/h1,6-10,12,15,17,23,36H,2-5,11H2,(H,34,35)/t15-,17+,23?. The topological polar surface area (TPSA) is 129 Å². The van der Waals surface area contributed by atoms with Gasteiger partial charge in [0, 0.05) is 12.2 Å². The normalized spacial score (nSPS) is 22.5. The molecule has 1 saturated heterocycles. The molecule has 2 N–H and O–H groups in total. The van der Waals surface area contributed by atoms with Crippen LogP contribution in [0.5, 0.6) is 5.88 Å². The van der Waals surface area contributed by atoms with Crippen LogP contribution in [0, 0.1) is 0 Å². The maximum atomic E-state index is 13.1. The van der Waals surface area contributed by atoms with Gasteiger partial charge in [-0.25, -0.2) is 14.8 Å². The summed E-state index contributed by atoms with van der Waals surface area (Å²) in [5.41, 5.74) is -0.413. The molecule has 1 amide bonds. The molecule has 1 aliphatic heterocycles. The van der Waals surface area contributed by atoms with Crippen LogP contribution >= 0.6 is 0 Å². The quantitative estimate of drug-likeness (QED) is 0.525. The minimum absolute atomic E-state index is 0.0110. The van der Waals surface area contributed by atoms with Crippen LogP contribution in [0.3, 0.4) is 0 Å². The molecule has 3 heterocycles. The van der Waals surface area contributed by atoms with Gasteiger partial charge in [-0.05, 0) is 49.9 Å². The molecule has 0 spiro atoms. The number of fused-ring (bicyclic) bond motifs is 1. The molecular weight excluding hydrogens is 495 g/mol. The summed E-state index contributed by atoms with van der Waals surface area (Å²) in [6.45, 7) is -0.258. The summed E-state index contributed by atoms with van der Waals surface area (Å²) in [5, 5.41) is 20.6. The third kappa shape index (κ3) is 4.86. The van der Waals surface area contributed by atoms with Gasteiger partial charge < -0.3 is 19.8 Å². The predicted octanol–water partition coefficient (Wildman–Crippen LogP) is 3.06. The number of anilines is 1. The van der Waals surface area contributed by atoms with Crippen LogP contribution in [0.15, 0.2) is 43.0 Å². The highest BCUT2D eigenvalue weighted by atomic mass is 19.4. The number of hydrogen-bond acceptors (Lipinski definition) is 8. The van der Waals surface area contributed by atoms with E-state index in [1.165, 1.54) is 34.5 Å². The van der Waals surface area contributed by atoms with E-state index < -0.39 is 24.1 Å². The number of alkyl halides is 3. The maximum Gasteiger partial charge on any atom is 0.417 e. The van der Waals surface area contributed by atoms with E-state index in [1.54, 1.807) is 6.07 Å². The van der Waals surface area contributed by atoms with Gasteiger partial charge in [0.2, 0.25) is 18.1 Å².